The first-order valence-corrected chi connectivity index (χ1v) is 9.80. The number of pyridine rings is 2. The van der Waals surface area contributed by atoms with E-state index >= 15 is 0 Å². The largest absolute Gasteiger partial charge is 0.383 e. The van der Waals surface area contributed by atoms with Crippen LogP contribution in [0.15, 0.2) is 37.1 Å². The fraction of sp³-hybridized carbons (Fsp3) is 0.400. The third kappa shape index (κ3) is 3.14. The molecule has 1 N–H and O–H groups in total. The Morgan fingerprint density at radius 1 is 1.04 bits per heavy atom. The molecule has 1 fully saturated rings. The summed E-state index contributed by atoms with van der Waals surface area (Å²) in [4.78, 5) is 23.0. The van der Waals surface area contributed by atoms with Crippen molar-refractivity contribution in [2.24, 2.45) is 0 Å². The normalized spacial score (nSPS) is 16.3. The van der Waals surface area contributed by atoms with Gasteiger partial charge in [0.25, 0.3) is 0 Å². The highest BCUT2D eigenvalue weighted by Gasteiger charge is 2.16. The summed E-state index contributed by atoms with van der Waals surface area (Å²) in [6.45, 7) is 6.63. The highest BCUT2D eigenvalue weighted by Crippen LogP contribution is 2.30. The van der Waals surface area contributed by atoms with Crippen molar-refractivity contribution in [3.63, 3.8) is 0 Å². The fourth-order valence-electron chi connectivity index (χ4n) is 3.85. The third-order valence-electron chi connectivity index (χ3n) is 5.48. The molecule has 1 aliphatic heterocycles. The summed E-state index contributed by atoms with van der Waals surface area (Å²) in [6.07, 6.45) is 10.2. The van der Waals surface area contributed by atoms with E-state index in [4.69, 9.17) is 9.97 Å². The fourth-order valence-corrected chi connectivity index (χ4v) is 3.85. The molecule has 0 saturated carbocycles. The van der Waals surface area contributed by atoms with Gasteiger partial charge in [-0.25, -0.2) is 9.97 Å². The number of rotatable bonds is 5. The van der Waals surface area contributed by atoms with Gasteiger partial charge in [0.2, 0.25) is 0 Å². The summed E-state index contributed by atoms with van der Waals surface area (Å²) >= 11 is 0. The van der Waals surface area contributed by atoms with Crippen molar-refractivity contribution < 1.29 is 0 Å². The van der Waals surface area contributed by atoms with Gasteiger partial charge in [0.15, 0.2) is 11.3 Å². The van der Waals surface area contributed by atoms with Crippen LogP contribution in [0, 0.1) is 0 Å². The van der Waals surface area contributed by atoms with Gasteiger partial charge < -0.3 is 15.1 Å². The summed E-state index contributed by atoms with van der Waals surface area (Å²) in [7, 11) is 2.19. The second kappa shape index (κ2) is 7.29. The summed E-state index contributed by atoms with van der Waals surface area (Å²) in [5, 5.41) is 4.63. The first-order valence-electron chi connectivity index (χ1n) is 9.80. The number of anilines is 1. The Bertz CT molecular complexity index is 1110. The predicted octanol–water partition coefficient (Wildman–Crippen LogP) is 1.88. The van der Waals surface area contributed by atoms with Crippen molar-refractivity contribution in [2.75, 3.05) is 51.6 Å². The molecular formula is C20H24N8. The van der Waals surface area contributed by atoms with Gasteiger partial charge in [0.05, 0.1) is 17.4 Å². The molecule has 0 radical (unpaired) electrons. The van der Waals surface area contributed by atoms with E-state index in [1.807, 2.05) is 22.9 Å². The van der Waals surface area contributed by atoms with Crippen molar-refractivity contribution in [1.29, 1.82) is 0 Å². The minimum Gasteiger partial charge on any atom is -0.383 e. The number of aromatic nitrogens is 5. The molecule has 0 aromatic carbocycles. The number of fused-ring (bicyclic) bond motifs is 4. The van der Waals surface area contributed by atoms with Gasteiger partial charge in [-0.3, -0.25) is 14.4 Å². The van der Waals surface area contributed by atoms with E-state index in [1.165, 1.54) is 0 Å². The highest BCUT2D eigenvalue weighted by molar-refractivity contribution is 6.05. The molecule has 0 spiro atoms. The van der Waals surface area contributed by atoms with Crippen molar-refractivity contribution in [1.82, 2.24) is 34.1 Å². The maximum Gasteiger partial charge on any atom is 0.167 e. The molecule has 0 atom stereocenters. The molecule has 1 aliphatic rings. The number of hydrogen-bond acceptors (Lipinski definition) is 7. The number of hydrogen-bond donors (Lipinski definition) is 1. The molecule has 0 unspecified atom stereocenters. The van der Waals surface area contributed by atoms with Crippen molar-refractivity contribution in [2.45, 2.75) is 6.42 Å². The number of likely N-dealkylation sites (N-methyl/N-ethyl adjacent to an activating group) is 1. The third-order valence-corrected chi connectivity index (χ3v) is 5.48. The molecule has 28 heavy (non-hydrogen) atoms. The van der Waals surface area contributed by atoms with Crippen LogP contribution in [0.2, 0.25) is 0 Å². The molecule has 4 aromatic rings. The minimum absolute atomic E-state index is 0.800. The zero-order chi connectivity index (χ0) is 18.9. The zero-order valence-corrected chi connectivity index (χ0v) is 16.0. The van der Waals surface area contributed by atoms with E-state index in [0.717, 1.165) is 79.1 Å². The summed E-state index contributed by atoms with van der Waals surface area (Å²) < 4.78 is 1.98. The lowest BCUT2D eigenvalue weighted by molar-refractivity contribution is 0.154. The molecule has 0 aliphatic carbocycles. The molecule has 8 nitrogen and oxygen atoms in total. The van der Waals surface area contributed by atoms with Crippen LogP contribution in [-0.2, 0) is 0 Å². The monoisotopic (exact) mass is 376 g/mol. The Balaban J connectivity index is 1.42. The molecule has 5 rings (SSSR count). The smallest absolute Gasteiger partial charge is 0.167 e. The van der Waals surface area contributed by atoms with Crippen LogP contribution in [0.5, 0.6) is 0 Å². The molecular weight excluding hydrogens is 352 g/mol. The zero-order valence-electron chi connectivity index (χ0n) is 16.0. The van der Waals surface area contributed by atoms with Gasteiger partial charge in [-0.15, -0.1) is 0 Å². The highest BCUT2D eigenvalue weighted by atomic mass is 15.2. The van der Waals surface area contributed by atoms with Gasteiger partial charge in [0, 0.05) is 62.9 Å². The lowest BCUT2D eigenvalue weighted by atomic mass is 10.2. The van der Waals surface area contributed by atoms with Crippen LogP contribution in [-0.4, -0.2) is 80.5 Å². The average molecular weight is 376 g/mol. The minimum atomic E-state index is 0.800. The van der Waals surface area contributed by atoms with E-state index in [0.29, 0.717) is 0 Å². The number of imidazole rings is 1. The van der Waals surface area contributed by atoms with Crippen molar-refractivity contribution in [3.05, 3.63) is 37.1 Å². The van der Waals surface area contributed by atoms with Gasteiger partial charge >= 0.3 is 0 Å². The molecule has 0 amide bonds. The first kappa shape index (κ1) is 17.3. The van der Waals surface area contributed by atoms with Crippen LogP contribution in [0.25, 0.3) is 27.7 Å². The molecule has 1 saturated heterocycles. The van der Waals surface area contributed by atoms with Crippen LogP contribution in [0.1, 0.15) is 6.42 Å². The summed E-state index contributed by atoms with van der Waals surface area (Å²) in [5.41, 5.74) is 4.44. The molecule has 144 valence electrons. The predicted molar refractivity (Wildman–Crippen MR) is 111 cm³/mol. The number of piperazine rings is 1. The lowest BCUT2D eigenvalue weighted by Crippen LogP contribution is -2.44. The van der Waals surface area contributed by atoms with E-state index in [-0.39, 0.29) is 0 Å². The van der Waals surface area contributed by atoms with Crippen molar-refractivity contribution >= 4 is 33.4 Å². The van der Waals surface area contributed by atoms with Crippen LogP contribution < -0.4 is 5.32 Å². The second-order valence-corrected chi connectivity index (χ2v) is 7.39. The maximum atomic E-state index is 4.82. The average Bonchev–Trinajstić information content (AvgIpc) is 3.10. The molecule has 0 bridgehead atoms. The quantitative estimate of drug-likeness (QED) is 0.533. The van der Waals surface area contributed by atoms with E-state index in [9.17, 15) is 0 Å². The standard InChI is InChI=1S/C20H24N8/c1-26-9-11-27(12-10-26)7-2-4-23-18-15-13-21-5-3-16(15)24-20-19(18)25-17-14-22-6-8-28(17)20/h3,5-6,8,13-14H,2,4,7,9-12H2,1H3,(H,23,24). The molecule has 4 aromatic heterocycles. The Morgan fingerprint density at radius 2 is 1.89 bits per heavy atom. The van der Waals surface area contributed by atoms with Crippen LogP contribution >= 0.6 is 0 Å². The summed E-state index contributed by atoms with van der Waals surface area (Å²) in [5.74, 6) is 0. The molecule has 8 heteroatoms. The van der Waals surface area contributed by atoms with Crippen LogP contribution in [0.3, 0.4) is 0 Å². The molecule has 5 heterocycles. The topological polar surface area (TPSA) is 74.5 Å². The second-order valence-electron chi connectivity index (χ2n) is 7.39. The summed E-state index contributed by atoms with van der Waals surface area (Å²) in [6, 6.07) is 1.95. The van der Waals surface area contributed by atoms with Gasteiger partial charge in [0.1, 0.15) is 5.52 Å². The van der Waals surface area contributed by atoms with E-state index in [1.54, 1.807) is 18.6 Å². The first-order chi connectivity index (χ1) is 13.8. The van der Waals surface area contributed by atoms with E-state index < -0.39 is 0 Å². The van der Waals surface area contributed by atoms with E-state index in [2.05, 4.69) is 32.1 Å². The van der Waals surface area contributed by atoms with Gasteiger partial charge in [-0.2, -0.15) is 0 Å². The Labute approximate surface area is 163 Å². The Hall–Kier alpha value is -2.84. The Kier molecular flexibility index (Phi) is 4.50. The number of nitrogens with one attached hydrogen (secondary N) is 1. The number of nitrogens with zero attached hydrogens (tertiary/aromatic N) is 7. The van der Waals surface area contributed by atoms with Gasteiger partial charge in [-0.05, 0) is 26.1 Å². The van der Waals surface area contributed by atoms with Gasteiger partial charge in [-0.1, -0.05) is 0 Å². The maximum absolute atomic E-state index is 4.82. The SMILES string of the molecule is CN1CCN(CCCNc2c3cnccc3nc3c2nc2cnccn23)CC1. The van der Waals surface area contributed by atoms with Crippen LogP contribution in [0.4, 0.5) is 5.69 Å². The Morgan fingerprint density at radius 3 is 2.79 bits per heavy atom. The van der Waals surface area contributed by atoms with Crippen molar-refractivity contribution in [3.8, 4) is 0 Å². The lowest BCUT2D eigenvalue weighted by Gasteiger charge is -2.32.